The molecule has 0 atom stereocenters. The first-order chi connectivity index (χ1) is 13.8. The predicted octanol–water partition coefficient (Wildman–Crippen LogP) is 3.72. The van der Waals surface area contributed by atoms with Gasteiger partial charge in [-0.1, -0.05) is 95.7 Å². The SMILES string of the molecule is [O-]/C(=N\[n+]1ccccc1C(c1ccccc1)c1ccccc1)c1ccccc1. The molecule has 4 rings (SSSR count). The summed E-state index contributed by atoms with van der Waals surface area (Å²) in [6.45, 7) is 0. The molecule has 0 aliphatic heterocycles. The van der Waals surface area contributed by atoms with Crippen LogP contribution in [0.15, 0.2) is 120 Å². The molecule has 0 spiro atoms. The topological polar surface area (TPSA) is 39.3 Å². The summed E-state index contributed by atoms with van der Waals surface area (Å²) in [6, 6.07) is 35.6. The average molecular weight is 364 g/mol. The fourth-order valence-corrected chi connectivity index (χ4v) is 3.33. The first-order valence-corrected chi connectivity index (χ1v) is 9.25. The summed E-state index contributed by atoms with van der Waals surface area (Å²) in [5.41, 5.74) is 3.80. The molecule has 0 fully saturated rings. The van der Waals surface area contributed by atoms with E-state index in [0.717, 1.165) is 16.8 Å². The van der Waals surface area contributed by atoms with Crippen LogP contribution in [0.1, 0.15) is 28.3 Å². The lowest BCUT2D eigenvalue weighted by atomic mass is 9.88. The highest BCUT2D eigenvalue weighted by molar-refractivity contribution is 5.89. The van der Waals surface area contributed by atoms with Crippen LogP contribution in [0.2, 0.25) is 0 Å². The van der Waals surface area contributed by atoms with Crippen LogP contribution in [-0.2, 0) is 0 Å². The zero-order valence-corrected chi connectivity index (χ0v) is 15.3. The van der Waals surface area contributed by atoms with E-state index in [1.807, 2.05) is 79.0 Å². The molecule has 1 aromatic heterocycles. The van der Waals surface area contributed by atoms with Crippen molar-refractivity contribution in [2.45, 2.75) is 5.92 Å². The summed E-state index contributed by atoms with van der Waals surface area (Å²) in [5, 5.41) is 17.1. The maximum Gasteiger partial charge on any atom is 0.226 e. The van der Waals surface area contributed by atoms with Crippen molar-refractivity contribution in [2.24, 2.45) is 5.10 Å². The van der Waals surface area contributed by atoms with Crippen molar-refractivity contribution >= 4 is 5.90 Å². The molecular formula is C25H20N2O. The van der Waals surface area contributed by atoms with Gasteiger partial charge in [0.2, 0.25) is 11.9 Å². The van der Waals surface area contributed by atoms with Crippen molar-refractivity contribution < 1.29 is 9.78 Å². The van der Waals surface area contributed by atoms with E-state index in [-0.39, 0.29) is 11.8 Å². The standard InChI is InChI=1S/C25H20N2O/c28-25(22-16-8-3-9-17-22)26-27-19-11-10-18-23(27)24(20-12-4-1-5-13-20)21-14-6-2-7-15-21/h1-19,24H. The lowest BCUT2D eigenvalue weighted by Gasteiger charge is -2.16. The zero-order valence-electron chi connectivity index (χ0n) is 15.3. The molecule has 0 radical (unpaired) electrons. The number of hydrogen-bond donors (Lipinski definition) is 0. The Balaban J connectivity index is 1.85. The Hall–Kier alpha value is -3.72. The minimum absolute atomic E-state index is 0.0316. The lowest BCUT2D eigenvalue weighted by Crippen LogP contribution is -2.38. The second-order valence-electron chi connectivity index (χ2n) is 6.50. The molecule has 0 unspecified atom stereocenters. The van der Waals surface area contributed by atoms with Crippen LogP contribution in [-0.4, -0.2) is 5.90 Å². The third-order valence-corrected chi connectivity index (χ3v) is 4.65. The van der Waals surface area contributed by atoms with Gasteiger partial charge in [-0.05, 0) is 27.9 Å². The first kappa shape index (κ1) is 17.7. The van der Waals surface area contributed by atoms with E-state index in [0.29, 0.717) is 5.56 Å². The van der Waals surface area contributed by atoms with Gasteiger partial charge in [0.05, 0.1) is 11.8 Å². The Kier molecular flexibility index (Phi) is 5.25. The third-order valence-electron chi connectivity index (χ3n) is 4.65. The van der Waals surface area contributed by atoms with E-state index in [9.17, 15) is 5.11 Å². The summed E-state index contributed by atoms with van der Waals surface area (Å²) in [4.78, 5) is 0. The molecule has 3 heteroatoms. The molecule has 0 aliphatic rings. The van der Waals surface area contributed by atoms with E-state index in [2.05, 4.69) is 29.4 Å². The molecule has 136 valence electrons. The molecule has 0 saturated carbocycles. The van der Waals surface area contributed by atoms with Gasteiger partial charge < -0.3 is 5.11 Å². The Morgan fingerprint density at radius 2 is 1.14 bits per heavy atom. The lowest BCUT2D eigenvalue weighted by molar-refractivity contribution is -0.689. The van der Waals surface area contributed by atoms with Crippen LogP contribution in [0.25, 0.3) is 0 Å². The molecule has 0 N–H and O–H groups in total. The average Bonchev–Trinajstić information content (AvgIpc) is 2.77. The Bertz CT molecular complexity index is 1020. The highest BCUT2D eigenvalue weighted by Crippen LogP contribution is 2.29. The van der Waals surface area contributed by atoms with Crippen molar-refractivity contribution in [3.8, 4) is 0 Å². The van der Waals surface area contributed by atoms with Gasteiger partial charge in [-0.3, -0.25) is 0 Å². The predicted molar refractivity (Wildman–Crippen MR) is 109 cm³/mol. The smallest absolute Gasteiger partial charge is 0.226 e. The van der Waals surface area contributed by atoms with Gasteiger partial charge in [-0.15, -0.1) is 0 Å². The normalized spacial score (nSPS) is 11.5. The van der Waals surface area contributed by atoms with Crippen molar-refractivity contribution in [2.75, 3.05) is 0 Å². The van der Waals surface area contributed by atoms with Gasteiger partial charge in [0.15, 0.2) is 0 Å². The molecule has 1 heterocycles. The Morgan fingerprint density at radius 3 is 1.71 bits per heavy atom. The minimum atomic E-state index is -0.266. The molecular weight excluding hydrogens is 344 g/mol. The second-order valence-corrected chi connectivity index (χ2v) is 6.50. The summed E-state index contributed by atoms with van der Waals surface area (Å²) < 4.78 is 1.69. The van der Waals surface area contributed by atoms with Gasteiger partial charge in [-0.25, -0.2) is 0 Å². The fourth-order valence-electron chi connectivity index (χ4n) is 3.33. The van der Waals surface area contributed by atoms with Gasteiger partial charge in [0.1, 0.15) is 0 Å². The molecule has 0 bridgehead atoms. The quantitative estimate of drug-likeness (QED) is 0.302. The largest absolute Gasteiger partial charge is 0.854 e. The molecule has 3 aromatic carbocycles. The van der Waals surface area contributed by atoms with Gasteiger partial charge in [0, 0.05) is 12.1 Å². The van der Waals surface area contributed by atoms with Gasteiger partial charge in [0.25, 0.3) is 0 Å². The van der Waals surface area contributed by atoms with Crippen molar-refractivity contribution in [3.05, 3.63) is 138 Å². The Morgan fingerprint density at radius 1 is 0.643 bits per heavy atom. The highest BCUT2D eigenvalue weighted by atomic mass is 16.3. The molecule has 0 saturated heterocycles. The summed E-state index contributed by atoms with van der Waals surface area (Å²) in [5.74, 6) is -0.297. The molecule has 28 heavy (non-hydrogen) atoms. The maximum atomic E-state index is 12.7. The Labute approximate surface area is 164 Å². The van der Waals surface area contributed by atoms with E-state index >= 15 is 0 Å². The van der Waals surface area contributed by atoms with Crippen LogP contribution in [0, 0.1) is 0 Å². The molecule has 4 aromatic rings. The number of pyridine rings is 1. The molecule has 0 amide bonds. The van der Waals surface area contributed by atoms with Crippen LogP contribution in [0.3, 0.4) is 0 Å². The van der Waals surface area contributed by atoms with Crippen molar-refractivity contribution in [1.82, 2.24) is 0 Å². The second kappa shape index (κ2) is 8.31. The monoisotopic (exact) mass is 364 g/mol. The van der Waals surface area contributed by atoms with Crippen molar-refractivity contribution in [3.63, 3.8) is 0 Å². The van der Waals surface area contributed by atoms with Crippen LogP contribution in [0.4, 0.5) is 0 Å². The molecule has 3 nitrogen and oxygen atoms in total. The van der Waals surface area contributed by atoms with E-state index in [1.165, 1.54) is 0 Å². The number of benzene rings is 3. The maximum absolute atomic E-state index is 12.7. The van der Waals surface area contributed by atoms with Crippen LogP contribution >= 0.6 is 0 Å². The number of aromatic nitrogens is 1. The summed E-state index contributed by atoms with van der Waals surface area (Å²) in [6.07, 6.45) is 1.83. The third kappa shape index (κ3) is 3.84. The number of hydrogen-bond acceptors (Lipinski definition) is 2. The van der Waals surface area contributed by atoms with Crippen LogP contribution in [0.5, 0.6) is 0 Å². The van der Waals surface area contributed by atoms with E-state index in [1.54, 1.807) is 16.8 Å². The highest BCUT2D eigenvalue weighted by Gasteiger charge is 2.25. The minimum Gasteiger partial charge on any atom is -0.854 e. The van der Waals surface area contributed by atoms with E-state index in [4.69, 9.17) is 0 Å². The zero-order chi connectivity index (χ0) is 19.2. The summed E-state index contributed by atoms with van der Waals surface area (Å²) >= 11 is 0. The van der Waals surface area contributed by atoms with E-state index < -0.39 is 0 Å². The van der Waals surface area contributed by atoms with Gasteiger partial charge in [-0.2, -0.15) is 0 Å². The summed E-state index contributed by atoms with van der Waals surface area (Å²) in [7, 11) is 0. The first-order valence-electron chi connectivity index (χ1n) is 9.25. The number of rotatable bonds is 5. The van der Waals surface area contributed by atoms with Crippen LogP contribution < -0.4 is 9.78 Å². The number of nitrogens with zero attached hydrogens (tertiary/aromatic N) is 2. The van der Waals surface area contributed by atoms with Gasteiger partial charge >= 0.3 is 0 Å². The molecule has 0 aliphatic carbocycles. The fraction of sp³-hybridized carbons (Fsp3) is 0.0400. The van der Waals surface area contributed by atoms with Crippen molar-refractivity contribution in [1.29, 1.82) is 0 Å².